The van der Waals surface area contributed by atoms with Crippen LogP contribution in [0.5, 0.6) is 0 Å². The van der Waals surface area contributed by atoms with E-state index in [0.29, 0.717) is 4.47 Å². The number of rotatable bonds is 1. The molecule has 5 nitrogen and oxygen atoms in total. The summed E-state index contributed by atoms with van der Waals surface area (Å²) in [5, 5.41) is 3.80. The Morgan fingerprint density at radius 3 is 2.33 bits per heavy atom. The molecule has 1 saturated heterocycles. The summed E-state index contributed by atoms with van der Waals surface area (Å²) in [6.45, 7) is 0. The van der Waals surface area contributed by atoms with Crippen LogP contribution in [0.25, 0.3) is 6.08 Å². The molecule has 0 aromatic heterocycles. The summed E-state index contributed by atoms with van der Waals surface area (Å²) < 4.78 is 14.1. The molecule has 7 heteroatoms. The van der Waals surface area contributed by atoms with Crippen molar-refractivity contribution in [3.63, 3.8) is 0 Å². The van der Waals surface area contributed by atoms with Crippen molar-refractivity contribution in [3.8, 4) is 0 Å². The topological polar surface area (TPSA) is 75.3 Å². The van der Waals surface area contributed by atoms with Gasteiger partial charge in [0.2, 0.25) is 0 Å². The highest BCUT2D eigenvalue weighted by Crippen LogP contribution is 2.18. The minimum atomic E-state index is -0.892. The van der Waals surface area contributed by atoms with Gasteiger partial charge in [-0.2, -0.15) is 0 Å². The van der Waals surface area contributed by atoms with E-state index in [1.54, 1.807) is 0 Å². The number of carbonyl (C=O) groups excluding carboxylic acids is 3. The Balaban J connectivity index is 2.43. The first kappa shape index (κ1) is 12.4. The van der Waals surface area contributed by atoms with Crippen molar-refractivity contribution >= 4 is 39.9 Å². The van der Waals surface area contributed by atoms with Gasteiger partial charge in [-0.1, -0.05) is 15.9 Å². The predicted octanol–water partition coefficient (Wildman–Crippen LogP) is 1.34. The van der Waals surface area contributed by atoms with Crippen LogP contribution >= 0.6 is 15.9 Å². The molecule has 4 amide bonds. The lowest BCUT2D eigenvalue weighted by Crippen LogP contribution is -2.51. The molecule has 0 unspecified atom stereocenters. The number of nitrogens with one attached hydrogen (secondary N) is 2. The van der Waals surface area contributed by atoms with Crippen LogP contribution in [-0.2, 0) is 9.59 Å². The molecule has 0 spiro atoms. The van der Waals surface area contributed by atoms with Crippen LogP contribution in [-0.4, -0.2) is 17.8 Å². The van der Waals surface area contributed by atoms with Gasteiger partial charge < -0.3 is 0 Å². The molecule has 1 aromatic carbocycles. The van der Waals surface area contributed by atoms with E-state index in [1.165, 1.54) is 18.2 Å². The number of imide groups is 2. The Morgan fingerprint density at radius 1 is 1.11 bits per heavy atom. The third-order valence-corrected chi connectivity index (χ3v) is 2.69. The van der Waals surface area contributed by atoms with Crippen molar-refractivity contribution in [1.29, 1.82) is 0 Å². The zero-order valence-corrected chi connectivity index (χ0v) is 10.4. The van der Waals surface area contributed by atoms with Crippen molar-refractivity contribution in [2.75, 3.05) is 0 Å². The van der Waals surface area contributed by atoms with Crippen molar-refractivity contribution < 1.29 is 18.8 Å². The van der Waals surface area contributed by atoms with Gasteiger partial charge in [0.05, 0.1) is 0 Å². The molecule has 18 heavy (non-hydrogen) atoms. The highest BCUT2D eigenvalue weighted by molar-refractivity contribution is 9.10. The minimum absolute atomic E-state index is 0.0685. The fourth-order valence-corrected chi connectivity index (χ4v) is 1.77. The van der Waals surface area contributed by atoms with Gasteiger partial charge in [-0.25, -0.2) is 9.18 Å². The van der Waals surface area contributed by atoms with Gasteiger partial charge in [0.1, 0.15) is 11.4 Å². The maximum atomic E-state index is 13.5. The van der Waals surface area contributed by atoms with Gasteiger partial charge in [0.15, 0.2) is 0 Å². The number of benzene rings is 1. The summed E-state index contributed by atoms with van der Waals surface area (Å²) in [7, 11) is 0. The first-order chi connectivity index (χ1) is 8.47. The Kier molecular flexibility index (Phi) is 3.24. The highest BCUT2D eigenvalue weighted by atomic mass is 79.9. The van der Waals surface area contributed by atoms with Crippen molar-refractivity contribution in [2.24, 2.45) is 0 Å². The SMILES string of the molecule is O=C1NC(=O)C(=Cc2cc(Br)ccc2F)C(=O)N1. The summed E-state index contributed by atoms with van der Waals surface area (Å²) in [6, 6.07) is 3.21. The minimum Gasteiger partial charge on any atom is -0.273 e. The van der Waals surface area contributed by atoms with E-state index in [0.717, 1.165) is 6.08 Å². The molecule has 0 aliphatic carbocycles. The third kappa shape index (κ3) is 2.45. The Labute approximate surface area is 109 Å². The van der Waals surface area contributed by atoms with E-state index in [2.05, 4.69) is 15.9 Å². The van der Waals surface area contributed by atoms with E-state index in [1.807, 2.05) is 10.6 Å². The summed E-state index contributed by atoms with van der Waals surface area (Å²) in [5.41, 5.74) is -0.259. The molecule has 1 aliphatic heterocycles. The quantitative estimate of drug-likeness (QED) is 0.607. The lowest BCUT2D eigenvalue weighted by atomic mass is 10.1. The summed E-state index contributed by atoms with van der Waals surface area (Å²) in [4.78, 5) is 33.7. The van der Waals surface area contributed by atoms with E-state index in [9.17, 15) is 18.8 Å². The lowest BCUT2D eigenvalue weighted by molar-refractivity contribution is -0.123. The molecule has 92 valence electrons. The molecule has 0 atom stereocenters. The number of hydrogen-bond donors (Lipinski definition) is 2. The van der Waals surface area contributed by atoms with Crippen molar-refractivity contribution in [3.05, 3.63) is 39.6 Å². The van der Waals surface area contributed by atoms with Gasteiger partial charge in [-0.3, -0.25) is 20.2 Å². The summed E-state index contributed by atoms with van der Waals surface area (Å²) in [5.74, 6) is -2.30. The molecule has 0 radical (unpaired) electrons. The standard InChI is InChI=1S/C11H6BrFN2O3/c12-6-1-2-8(13)5(3-6)4-7-9(16)14-11(18)15-10(7)17/h1-4H,(H2,14,15,16,17,18). The molecular weight excluding hydrogens is 307 g/mol. The average molecular weight is 313 g/mol. The van der Waals surface area contributed by atoms with Crippen LogP contribution in [0, 0.1) is 5.82 Å². The zero-order valence-electron chi connectivity index (χ0n) is 8.79. The number of hydrogen-bond acceptors (Lipinski definition) is 3. The van der Waals surface area contributed by atoms with Crippen LogP contribution < -0.4 is 10.6 Å². The largest absolute Gasteiger partial charge is 0.328 e. The maximum absolute atomic E-state index is 13.5. The molecule has 1 heterocycles. The Hall–Kier alpha value is -2.02. The number of halogens is 2. The summed E-state index contributed by atoms with van der Waals surface area (Å²) in [6.07, 6.45) is 1.08. The molecule has 0 bridgehead atoms. The molecular formula is C11H6BrFN2O3. The molecule has 0 saturated carbocycles. The number of urea groups is 1. The van der Waals surface area contributed by atoms with Crippen LogP contribution in [0.2, 0.25) is 0 Å². The molecule has 1 aromatic rings. The number of carbonyl (C=O) groups is 3. The second-order valence-corrected chi connectivity index (χ2v) is 4.38. The third-order valence-electron chi connectivity index (χ3n) is 2.20. The van der Waals surface area contributed by atoms with E-state index in [4.69, 9.17) is 0 Å². The fourth-order valence-electron chi connectivity index (χ4n) is 1.39. The Bertz CT molecular complexity index is 576. The van der Waals surface area contributed by atoms with Crippen LogP contribution in [0.4, 0.5) is 9.18 Å². The number of barbiturate groups is 1. The maximum Gasteiger partial charge on any atom is 0.328 e. The fraction of sp³-hybridized carbons (Fsp3) is 0. The first-order valence-corrected chi connectivity index (χ1v) is 5.60. The molecule has 1 fully saturated rings. The average Bonchev–Trinajstić information content (AvgIpc) is 2.28. The molecule has 1 aliphatic rings. The van der Waals surface area contributed by atoms with E-state index < -0.39 is 23.7 Å². The van der Waals surface area contributed by atoms with Crippen LogP contribution in [0.1, 0.15) is 5.56 Å². The normalized spacial score (nSPS) is 15.2. The second kappa shape index (κ2) is 4.69. The van der Waals surface area contributed by atoms with Gasteiger partial charge in [0.25, 0.3) is 11.8 Å². The monoisotopic (exact) mass is 312 g/mol. The van der Waals surface area contributed by atoms with Gasteiger partial charge in [-0.05, 0) is 24.3 Å². The number of amides is 4. The first-order valence-electron chi connectivity index (χ1n) is 4.81. The van der Waals surface area contributed by atoms with Gasteiger partial charge in [-0.15, -0.1) is 0 Å². The molecule has 2 N–H and O–H groups in total. The summed E-state index contributed by atoms with van der Waals surface area (Å²) >= 11 is 3.15. The molecule has 2 rings (SSSR count). The predicted molar refractivity (Wildman–Crippen MR) is 63.8 cm³/mol. The van der Waals surface area contributed by atoms with Crippen molar-refractivity contribution in [1.82, 2.24) is 10.6 Å². The van der Waals surface area contributed by atoms with Gasteiger partial charge >= 0.3 is 6.03 Å². The van der Waals surface area contributed by atoms with Gasteiger partial charge in [0, 0.05) is 10.0 Å². The van der Waals surface area contributed by atoms with E-state index in [-0.39, 0.29) is 11.1 Å². The second-order valence-electron chi connectivity index (χ2n) is 3.46. The smallest absolute Gasteiger partial charge is 0.273 e. The lowest BCUT2D eigenvalue weighted by Gasteiger charge is -2.14. The van der Waals surface area contributed by atoms with Crippen molar-refractivity contribution in [2.45, 2.75) is 0 Å². The van der Waals surface area contributed by atoms with Crippen LogP contribution in [0.15, 0.2) is 28.2 Å². The van der Waals surface area contributed by atoms with Crippen LogP contribution in [0.3, 0.4) is 0 Å². The highest BCUT2D eigenvalue weighted by Gasteiger charge is 2.27. The Morgan fingerprint density at radius 2 is 1.72 bits per heavy atom. The zero-order chi connectivity index (χ0) is 13.3. The van der Waals surface area contributed by atoms with E-state index >= 15 is 0 Å².